The Labute approximate surface area is 375 Å². The molecule has 0 unspecified atom stereocenters. The largest absolute Gasteiger partial charge is 0.455 e. The average Bonchev–Trinajstić information content (AvgIpc) is 3.97. The second kappa shape index (κ2) is 15.0. The van der Waals surface area contributed by atoms with E-state index in [-0.39, 0.29) is 0 Å². The molecule has 2 aromatic heterocycles. The van der Waals surface area contributed by atoms with Crippen LogP contribution in [0.1, 0.15) is 0 Å². The van der Waals surface area contributed by atoms with Crippen LogP contribution in [0.4, 0.5) is 17.1 Å². The predicted molar refractivity (Wildman–Crippen MR) is 272 cm³/mol. The number of benzene rings is 11. The fraction of sp³-hybridized carbons (Fsp3) is 0. The van der Waals surface area contributed by atoms with Gasteiger partial charge in [0.1, 0.15) is 22.3 Å². The van der Waals surface area contributed by atoms with Gasteiger partial charge in [-0.25, -0.2) is 0 Å². The van der Waals surface area contributed by atoms with Crippen molar-refractivity contribution in [2.45, 2.75) is 0 Å². The lowest BCUT2D eigenvalue weighted by Crippen LogP contribution is -2.11. The topological polar surface area (TPSA) is 29.5 Å². The molecule has 0 amide bonds. The summed E-state index contributed by atoms with van der Waals surface area (Å²) < 4.78 is 13.8. The Hall–Kier alpha value is -8.66. The van der Waals surface area contributed by atoms with Crippen molar-refractivity contribution in [2.75, 3.05) is 4.90 Å². The van der Waals surface area contributed by atoms with Gasteiger partial charge in [0.2, 0.25) is 0 Å². The smallest absolute Gasteiger partial charge is 0.143 e. The molecule has 304 valence electrons. The van der Waals surface area contributed by atoms with Crippen molar-refractivity contribution in [3.63, 3.8) is 0 Å². The van der Waals surface area contributed by atoms with Crippen molar-refractivity contribution in [3.8, 4) is 44.5 Å². The zero-order valence-corrected chi connectivity index (χ0v) is 35.3. The molecule has 2 heterocycles. The standard InChI is InChI=1S/C62H39NO2/c1-2-14-41(15-3-1)50-23-11-26-54-55-27-12-24-51(60(55)64-59(50)54)44-32-37-46(38-33-44)63(45-35-30-43(31-36-45)48-22-10-18-40-16-4-6-19-47(40)48)58-29-9-8-21-52(58)53-25-13-28-56-57-39-34-42-17-5-7-20-49(42)61(57)65-62(53)56/h1-39H. The summed E-state index contributed by atoms with van der Waals surface area (Å²) in [7, 11) is 0. The van der Waals surface area contributed by atoms with Crippen LogP contribution in [-0.2, 0) is 0 Å². The number of hydrogen-bond acceptors (Lipinski definition) is 3. The van der Waals surface area contributed by atoms with E-state index in [1.807, 2.05) is 6.07 Å². The molecular formula is C62H39NO2. The van der Waals surface area contributed by atoms with Crippen LogP contribution in [0, 0.1) is 0 Å². The van der Waals surface area contributed by atoms with Gasteiger partial charge in [-0.3, -0.25) is 0 Å². The van der Waals surface area contributed by atoms with Crippen LogP contribution in [-0.4, -0.2) is 0 Å². The zero-order chi connectivity index (χ0) is 42.8. The van der Waals surface area contributed by atoms with Crippen LogP contribution in [0.25, 0.3) is 110 Å². The molecule has 0 aliphatic rings. The highest BCUT2D eigenvalue weighted by atomic mass is 16.3. The van der Waals surface area contributed by atoms with Crippen LogP contribution in [0.15, 0.2) is 245 Å². The van der Waals surface area contributed by atoms with Crippen molar-refractivity contribution in [3.05, 3.63) is 237 Å². The molecule has 0 fully saturated rings. The van der Waals surface area contributed by atoms with E-state index in [1.165, 1.54) is 21.9 Å². The zero-order valence-electron chi connectivity index (χ0n) is 35.3. The third-order valence-corrected chi connectivity index (χ3v) is 13.1. The van der Waals surface area contributed by atoms with Crippen molar-refractivity contribution >= 4 is 82.5 Å². The third-order valence-electron chi connectivity index (χ3n) is 13.1. The summed E-state index contributed by atoms with van der Waals surface area (Å²) in [6.45, 7) is 0. The van der Waals surface area contributed by atoms with E-state index >= 15 is 0 Å². The van der Waals surface area contributed by atoms with Crippen molar-refractivity contribution in [1.29, 1.82) is 0 Å². The summed E-state index contributed by atoms with van der Waals surface area (Å²) >= 11 is 0. The van der Waals surface area contributed by atoms with Gasteiger partial charge in [-0.05, 0) is 74.8 Å². The highest BCUT2D eigenvalue weighted by molar-refractivity contribution is 6.18. The van der Waals surface area contributed by atoms with Crippen LogP contribution < -0.4 is 4.90 Å². The van der Waals surface area contributed by atoms with Gasteiger partial charge in [0.25, 0.3) is 0 Å². The molecule has 0 N–H and O–H groups in total. The maximum Gasteiger partial charge on any atom is 0.143 e. The molecule has 0 aliphatic heterocycles. The number of anilines is 3. The van der Waals surface area contributed by atoms with Crippen LogP contribution in [0.2, 0.25) is 0 Å². The van der Waals surface area contributed by atoms with Crippen molar-refractivity contribution in [2.24, 2.45) is 0 Å². The molecule has 0 saturated heterocycles. The first kappa shape index (κ1) is 36.9. The van der Waals surface area contributed by atoms with E-state index in [0.717, 1.165) is 105 Å². The Kier molecular flexibility index (Phi) is 8.53. The van der Waals surface area contributed by atoms with E-state index in [2.05, 4.69) is 235 Å². The fourth-order valence-corrected chi connectivity index (χ4v) is 10.0. The molecular weight excluding hydrogens is 791 g/mol. The molecule has 3 heteroatoms. The summed E-state index contributed by atoms with van der Waals surface area (Å²) in [6, 6.07) is 84.5. The van der Waals surface area contributed by atoms with Crippen LogP contribution in [0.3, 0.4) is 0 Å². The summed E-state index contributed by atoms with van der Waals surface area (Å²) in [5.41, 5.74) is 15.6. The maximum atomic E-state index is 6.92. The summed E-state index contributed by atoms with van der Waals surface area (Å²) in [4.78, 5) is 2.37. The summed E-state index contributed by atoms with van der Waals surface area (Å²) in [6.07, 6.45) is 0. The van der Waals surface area contributed by atoms with Gasteiger partial charge >= 0.3 is 0 Å². The molecule has 0 atom stereocenters. The Morgan fingerprint density at radius 3 is 1.32 bits per heavy atom. The predicted octanol–water partition coefficient (Wildman–Crippen LogP) is 17.9. The SMILES string of the molecule is c1ccc(-c2cccc3c2oc2c(-c4ccc(N(c5ccc(-c6cccc7ccccc67)cc5)c5ccccc5-c5cccc6c5oc5c7ccccc7ccc65)cc4)cccc23)cc1. The second-order valence-electron chi connectivity index (χ2n) is 16.8. The maximum absolute atomic E-state index is 6.92. The molecule has 13 aromatic rings. The van der Waals surface area contributed by atoms with E-state index in [1.54, 1.807) is 0 Å². The van der Waals surface area contributed by atoms with E-state index in [9.17, 15) is 0 Å². The molecule has 11 aromatic carbocycles. The summed E-state index contributed by atoms with van der Waals surface area (Å²) in [5.74, 6) is 0. The molecule has 0 aliphatic carbocycles. The minimum atomic E-state index is 0.877. The highest BCUT2D eigenvalue weighted by Gasteiger charge is 2.22. The number of rotatable bonds is 7. The second-order valence-corrected chi connectivity index (χ2v) is 16.8. The normalized spacial score (nSPS) is 11.7. The van der Waals surface area contributed by atoms with Crippen molar-refractivity contribution in [1.82, 2.24) is 0 Å². The van der Waals surface area contributed by atoms with Crippen LogP contribution >= 0.6 is 0 Å². The third kappa shape index (κ3) is 6.05. The first-order chi connectivity index (χ1) is 32.2. The number of furan rings is 2. The van der Waals surface area contributed by atoms with Gasteiger partial charge < -0.3 is 13.7 Å². The lowest BCUT2D eigenvalue weighted by molar-refractivity contribution is 0.671. The quantitative estimate of drug-likeness (QED) is 0.160. The average molecular weight is 830 g/mol. The molecule has 65 heavy (non-hydrogen) atoms. The molecule has 13 rings (SSSR count). The van der Waals surface area contributed by atoms with Gasteiger partial charge in [0, 0.05) is 60.6 Å². The van der Waals surface area contributed by atoms with Gasteiger partial charge in [-0.2, -0.15) is 0 Å². The van der Waals surface area contributed by atoms with Gasteiger partial charge in [0.05, 0.1) is 5.69 Å². The molecule has 0 radical (unpaired) electrons. The number of nitrogens with zero attached hydrogens (tertiary/aromatic N) is 1. The lowest BCUT2D eigenvalue weighted by Gasteiger charge is -2.28. The van der Waals surface area contributed by atoms with E-state index in [4.69, 9.17) is 8.83 Å². The molecule has 0 bridgehead atoms. The van der Waals surface area contributed by atoms with Crippen molar-refractivity contribution < 1.29 is 8.83 Å². The number of para-hydroxylation sites is 4. The Bertz CT molecular complexity index is 3930. The Morgan fingerprint density at radius 1 is 0.231 bits per heavy atom. The van der Waals surface area contributed by atoms with Gasteiger partial charge in [-0.1, -0.05) is 200 Å². The van der Waals surface area contributed by atoms with E-state index in [0.29, 0.717) is 0 Å². The Morgan fingerprint density at radius 2 is 0.646 bits per heavy atom. The first-order valence-electron chi connectivity index (χ1n) is 22.2. The summed E-state index contributed by atoms with van der Waals surface area (Å²) in [5, 5.41) is 9.18. The monoisotopic (exact) mass is 829 g/mol. The Balaban J connectivity index is 0.969. The molecule has 3 nitrogen and oxygen atoms in total. The van der Waals surface area contributed by atoms with Gasteiger partial charge in [-0.15, -0.1) is 0 Å². The fourth-order valence-electron chi connectivity index (χ4n) is 10.0. The van der Waals surface area contributed by atoms with Crippen LogP contribution in [0.5, 0.6) is 0 Å². The van der Waals surface area contributed by atoms with E-state index < -0.39 is 0 Å². The highest BCUT2D eigenvalue weighted by Crippen LogP contribution is 2.47. The lowest BCUT2D eigenvalue weighted by atomic mass is 9.97. The minimum absolute atomic E-state index is 0.877. The molecule has 0 spiro atoms. The number of fused-ring (bicyclic) bond motifs is 9. The first-order valence-corrected chi connectivity index (χ1v) is 22.2. The minimum Gasteiger partial charge on any atom is -0.455 e. The number of hydrogen-bond donors (Lipinski definition) is 0. The van der Waals surface area contributed by atoms with Gasteiger partial charge in [0.15, 0.2) is 0 Å². The molecule has 0 saturated carbocycles.